The van der Waals surface area contributed by atoms with Crippen LogP contribution < -0.4 is 11.0 Å². The van der Waals surface area contributed by atoms with Crippen molar-refractivity contribution in [2.75, 3.05) is 26.2 Å². The number of nitrogens with one attached hydrogen (secondary N) is 2. The van der Waals surface area contributed by atoms with E-state index in [2.05, 4.69) is 20.5 Å². The molecule has 2 aliphatic heterocycles. The van der Waals surface area contributed by atoms with Crippen molar-refractivity contribution in [1.29, 1.82) is 0 Å². The summed E-state index contributed by atoms with van der Waals surface area (Å²) in [6, 6.07) is 8.77. The van der Waals surface area contributed by atoms with Crippen LogP contribution in [0.3, 0.4) is 0 Å². The molecule has 0 atom stereocenters. The van der Waals surface area contributed by atoms with E-state index < -0.39 is 5.91 Å². The second-order valence-corrected chi connectivity index (χ2v) is 11.8. The van der Waals surface area contributed by atoms with Crippen LogP contribution in [0.4, 0.5) is 0 Å². The van der Waals surface area contributed by atoms with Crippen molar-refractivity contribution in [2.24, 2.45) is 5.10 Å². The number of H-pyrrole nitrogens is 1. The van der Waals surface area contributed by atoms with Crippen molar-refractivity contribution in [2.45, 2.75) is 45.6 Å². The van der Waals surface area contributed by atoms with Gasteiger partial charge in [-0.2, -0.15) is 5.10 Å². The second kappa shape index (κ2) is 11.7. The van der Waals surface area contributed by atoms with Crippen molar-refractivity contribution < 1.29 is 9.59 Å². The Hall–Kier alpha value is -2.92. The van der Waals surface area contributed by atoms with E-state index in [1.807, 2.05) is 4.90 Å². The van der Waals surface area contributed by atoms with E-state index in [4.69, 9.17) is 23.2 Å². The van der Waals surface area contributed by atoms with E-state index in [1.165, 1.54) is 30.6 Å². The Morgan fingerprint density at radius 2 is 1.72 bits per heavy atom. The summed E-state index contributed by atoms with van der Waals surface area (Å²) in [5, 5.41) is 7.89. The fourth-order valence-electron chi connectivity index (χ4n) is 5.30. The zero-order chi connectivity index (χ0) is 27.7. The molecule has 2 aliphatic rings. The first-order valence-corrected chi connectivity index (χ1v) is 14.6. The summed E-state index contributed by atoms with van der Waals surface area (Å²) in [5.41, 5.74) is 3.96. The van der Waals surface area contributed by atoms with Gasteiger partial charge >= 0.3 is 0 Å². The summed E-state index contributed by atoms with van der Waals surface area (Å²) in [5.74, 6) is -0.478. The van der Waals surface area contributed by atoms with Gasteiger partial charge in [0.2, 0.25) is 0 Å². The highest BCUT2D eigenvalue weighted by Gasteiger charge is 2.29. The lowest BCUT2D eigenvalue weighted by Crippen LogP contribution is -2.45. The van der Waals surface area contributed by atoms with E-state index in [9.17, 15) is 14.4 Å². The van der Waals surface area contributed by atoms with Crippen LogP contribution in [0, 0.1) is 6.92 Å². The minimum absolute atomic E-state index is 0.0376. The quantitative estimate of drug-likeness (QED) is 0.322. The number of piperidine rings is 1. The van der Waals surface area contributed by atoms with Gasteiger partial charge in [-0.3, -0.25) is 19.5 Å². The van der Waals surface area contributed by atoms with Crippen LogP contribution in [0.25, 0.3) is 5.69 Å². The first-order chi connectivity index (χ1) is 18.7. The fraction of sp³-hybridized carbons (Fsp3) is 0.407. The maximum Gasteiger partial charge on any atom is 0.281 e. The number of hydrazone groups is 1. The lowest BCUT2D eigenvalue weighted by atomic mass is 10.0. The zero-order valence-corrected chi connectivity index (χ0v) is 24.1. The number of aromatic amines is 1. The molecule has 3 aromatic rings. The van der Waals surface area contributed by atoms with Crippen molar-refractivity contribution >= 4 is 52.1 Å². The van der Waals surface area contributed by atoms with Gasteiger partial charge in [-0.05, 0) is 83.0 Å². The summed E-state index contributed by atoms with van der Waals surface area (Å²) < 4.78 is 1.35. The molecule has 0 bridgehead atoms. The maximum atomic E-state index is 13.1. The number of nitrogens with zero attached hydrogens (tertiary/aromatic N) is 4. The van der Waals surface area contributed by atoms with Gasteiger partial charge in [0.05, 0.1) is 36.8 Å². The van der Waals surface area contributed by atoms with Gasteiger partial charge in [0.25, 0.3) is 17.4 Å². The van der Waals surface area contributed by atoms with Crippen LogP contribution in [-0.4, -0.2) is 69.3 Å². The molecule has 2 aromatic heterocycles. The standard InChI is InChI=1S/C27H30Cl2N6O3S/c1-16(24-17(2)32-35(27(24)38)19-5-6-20(28)21(29)15-19)30-31-25(36)22-7-8-23(39-22)26(37)34-13-9-18(10-14-34)33-11-3-4-12-33/h5-8,15,18,32H,3-4,9-14H2,1-2H3,(H,31,36)/b30-16+. The molecular formula is C27H30Cl2N6O3S. The number of likely N-dealkylation sites (tertiary alicyclic amines) is 2. The van der Waals surface area contributed by atoms with E-state index in [0.29, 0.717) is 48.5 Å². The number of hydrogen-bond acceptors (Lipinski definition) is 6. The van der Waals surface area contributed by atoms with Crippen molar-refractivity contribution in [1.82, 2.24) is 25.0 Å². The lowest BCUT2D eigenvalue weighted by molar-refractivity contribution is 0.0649. The third kappa shape index (κ3) is 5.84. The van der Waals surface area contributed by atoms with Crippen LogP contribution in [-0.2, 0) is 0 Å². The summed E-state index contributed by atoms with van der Waals surface area (Å²) in [7, 11) is 0. The SMILES string of the molecule is C/C(=N\NC(=O)c1ccc(C(=O)N2CCC(N3CCCC3)CC2)s1)c1c(C)[nH]n(-c2ccc(Cl)c(Cl)c2)c1=O. The molecule has 2 N–H and O–H groups in total. The number of benzene rings is 1. The highest BCUT2D eigenvalue weighted by Crippen LogP contribution is 2.25. The average Bonchev–Trinajstić information content (AvgIpc) is 3.69. The zero-order valence-electron chi connectivity index (χ0n) is 21.8. The number of aromatic nitrogens is 2. The normalized spacial score (nSPS) is 17.1. The molecule has 0 aliphatic carbocycles. The van der Waals surface area contributed by atoms with Gasteiger partial charge in [-0.1, -0.05) is 23.2 Å². The highest BCUT2D eigenvalue weighted by atomic mass is 35.5. The second-order valence-electron chi connectivity index (χ2n) is 9.92. The van der Waals surface area contributed by atoms with E-state index in [0.717, 1.165) is 37.3 Å². The molecule has 12 heteroatoms. The molecule has 0 radical (unpaired) electrons. The maximum absolute atomic E-state index is 13.1. The number of aryl methyl sites for hydroxylation is 1. The number of hydrogen-bond donors (Lipinski definition) is 2. The van der Waals surface area contributed by atoms with Crippen LogP contribution in [0.15, 0.2) is 40.2 Å². The smallest absolute Gasteiger partial charge is 0.281 e. The Labute approximate surface area is 240 Å². The largest absolute Gasteiger partial charge is 0.338 e. The molecule has 4 heterocycles. The summed E-state index contributed by atoms with van der Waals surface area (Å²) in [6.07, 6.45) is 4.52. The Balaban J connectivity index is 1.22. The fourth-order valence-corrected chi connectivity index (χ4v) is 6.45. The van der Waals surface area contributed by atoms with Gasteiger partial charge in [0, 0.05) is 24.8 Å². The number of thiophene rings is 1. The Morgan fingerprint density at radius 1 is 1.03 bits per heavy atom. The van der Waals surface area contributed by atoms with Gasteiger partial charge in [-0.15, -0.1) is 11.3 Å². The molecule has 9 nitrogen and oxygen atoms in total. The van der Waals surface area contributed by atoms with Crippen molar-refractivity contribution in [3.8, 4) is 5.69 Å². The summed E-state index contributed by atoms with van der Waals surface area (Å²) in [4.78, 5) is 44.3. The molecule has 2 saturated heterocycles. The molecule has 39 heavy (non-hydrogen) atoms. The van der Waals surface area contributed by atoms with Crippen molar-refractivity contribution in [3.05, 3.63) is 71.7 Å². The molecule has 0 spiro atoms. The molecule has 5 rings (SSSR count). The van der Waals surface area contributed by atoms with Crippen LogP contribution in [0.1, 0.15) is 63.2 Å². The Bertz CT molecular complexity index is 1480. The van der Waals surface area contributed by atoms with Crippen LogP contribution >= 0.6 is 34.5 Å². The first-order valence-electron chi connectivity index (χ1n) is 13.0. The number of amides is 2. The third-order valence-corrected chi connectivity index (χ3v) is 9.18. The van der Waals surface area contributed by atoms with Crippen LogP contribution in [0.2, 0.25) is 10.0 Å². The number of carbonyl (C=O) groups excluding carboxylic acids is 2. The van der Waals surface area contributed by atoms with E-state index in [-0.39, 0.29) is 11.5 Å². The Kier molecular flexibility index (Phi) is 8.27. The molecule has 2 fully saturated rings. The highest BCUT2D eigenvalue weighted by molar-refractivity contribution is 7.15. The minimum Gasteiger partial charge on any atom is -0.338 e. The molecule has 0 saturated carbocycles. The summed E-state index contributed by atoms with van der Waals surface area (Å²) >= 11 is 13.2. The van der Waals surface area contributed by atoms with Crippen LogP contribution in [0.5, 0.6) is 0 Å². The minimum atomic E-state index is -0.441. The first kappa shape index (κ1) is 27.6. The van der Waals surface area contributed by atoms with Gasteiger partial charge in [0.15, 0.2) is 0 Å². The van der Waals surface area contributed by atoms with Gasteiger partial charge in [-0.25, -0.2) is 10.1 Å². The topological polar surface area (TPSA) is 103 Å². The average molecular weight is 590 g/mol. The molecule has 206 valence electrons. The lowest BCUT2D eigenvalue weighted by Gasteiger charge is -2.36. The molecule has 0 unspecified atom stereocenters. The van der Waals surface area contributed by atoms with Gasteiger partial charge < -0.3 is 9.80 Å². The van der Waals surface area contributed by atoms with Gasteiger partial charge in [0.1, 0.15) is 0 Å². The van der Waals surface area contributed by atoms with Crippen molar-refractivity contribution in [3.63, 3.8) is 0 Å². The monoisotopic (exact) mass is 588 g/mol. The third-order valence-electron chi connectivity index (χ3n) is 7.37. The number of rotatable bonds is 6. The predicted molar refractivity (Wildman–Crippen MR) is 155 cm³/mol. The predicted octanol–water partition coefficient (Wildman–Crippen LogP) is 4.70. The molecular weight excluding hydrogens is 559 g/mol. The van der Waals surface area contributed by atoms with E-state index >= 15 is 0 Å². The Morgan fingerprint density at radius 3 is 2.41 bits per heavy atom. The summed E-state index contributed by atoms with van der Waals surface area (Å²) in [6.45, 7) is 7.20. The molecule has 1 aromatic carbocycles. The van der Waals surface area contributed by atoms with E-state index in [1.54, 1.807) is 44.2 Å². The number of halogens is 2. The number of carbonyl (C=O) groups is 2. The molecule has 2 amide bonds.